The van der Waals surface area contributed by atoms with Gasteiger partial charge in [-0.05, 0) is 178 Å². The molecule has 564 valence electrons. The monoisotopic (exact) mass is 1510 g/mol. The molecule has 4 aliphatic rings. The number of hydrogen-bond acceptors (Lipinski definition) is 15. The molecule has 0 spiro atoms. The zero-order valence-electron chi connectivity index (χ0n) is 60.6. The van der Waals surface area contributed by atoms with E-state index in [9.17, 15) is 58.0 Å². The highest BCUT2D eigenvalue weighted by molar-refractivity contribution is 7.99. The molecule has 4 aromatic carbocycles. The van der Waals surface area contributed by atoms with Gasteiger partial charge in [-0.3, -0.25) is 24.1 Å². The Balaban J connectivity index is 0.762. The van der Waals surface area contributed by atoms with Crippen LogP contribution in [-0.2, 0) is 34.2 Å². The molecule has 2 saturated heterocycles. The summed E-state index contributed by atoms with van der Waals surface area (Å²) in [5, 5.41) is 12.4. The Morgan fingerprint density at radius 3 is 2.18 bits per heavy atom. The van der Waals surface area contributed by atoms with Crippen molar-refractivity contribution in [2.45, 2.75) is 196 Å². The molecule has 2 aliphatic carbocycles. The Bertz CT molecular complexity index is 3920. The van der Waals surface area contributed by atoms with E-state index in [1.54, 1.807) is 23.5 Å². The predicted molar refractivity (Wildman–Crippen MR) is 400 cm³/mol. The van der Waals surface area contributed by atoms with E-state index in [4.69, 9.17) is 0 Å². The molecule has 3 heterocycles. The summed E-state index contributed by atoms with van der Waals surface area (Å²) in [6.07, 6.45) is 7.49. The van der Waals surface area contributed by atoms with Gasteiger partial charge in [-0.25, -0.2) is 35.3 Å². The van der Waals surface area contributed by atoms with Crippen molar-refractivity contribution < 1.29 is 58.0 Å². The summed E-state index contributed by atoms with van der Waals surface area (Å²) >= 11 is 3.01. The van der Waals surface area contributed by atoms with Gasteiger partial charge in [0, 0.05) is 118 Å². The minimum absolute atomic E-state index is 0.0337. The van der Waals surface area contributed by atoms with Gasteiger partial charge in [-0.1, -0.05) is 108 Å². The maximum atomic E-state index is 14.6. The molecule has 9 rings (SSSR count). The van der Waals surface area contributed by atoms with Gasteiger partial charge in [-0.2, -0.15) is 13.2 Å². The third-order valence-electron chi connectivity index (χ3n) is 21.2. The number of anilines is 2. The Kier molecular flexibility index (Phi) is 28.0. The fourth-order valence-electron chi connectivity index (χ4n) is 15.2. The molecule has 8 atom stereocenters. The number of benzene rings is 4. The highest BCUT2D eigenvalue weighted by Gasteiger charge is 2.51. The number of likely N-dealkylation sites (tertiary alicyclic amines) is 1. The molecule has 3 fully saturated rings. The fraction of sp³-hybridized carbons (Fsp3) is 0.571. The zero-order valence-corrected chi connectivity index (χ0v) is 63.9. The molecule has 8 unspecified atom stereocenters. The molecular weight excluding hydrogens is 1400 g/mol. The summed E-state index contributed by atoms with van der Waals surface area (Å²) < 4.78 is 128. The molecule has 1 aromatic heterocycles. The maximum Gasteiger partial charge on any atom is 0.501 e. The Hall–Kier alpha value is -6.45. The number of thiazole rings is 1. The summed E-state index contributed by atoms with van der Waals surface area (Å²) in [6.45, 7) is 22.6. The molecule has 0 bridgehead atoms. The van der Waals surface area contributed by atoms with Crippen molar-refractivity contribution in [2.75, 3.05) is 74.9 Å². The van der Waals surface area contributed by atoms with Crippen molar-refractivity contribution >= 4 is 78.5 Å². The number of nitrogens with one attached hydrogen (secondary N) is 5. The van der Waals surface area contributed by atoms with E-state index in [0.29, 0.717) is 96.7 Å². The molecule has 2 aliphatic heterocycles. The van der Waals surface area contributed by atoms with Crippen LogP contribution >= 0.6 is 23.1 Å². The number of sulfonamides is 1. The van der Waals surface area contributed by atoms with E-state index in [2.05, 4.69) is 107 Å². The van der Waals surface area contributed by atoms with Crippen LogP contribution in [0.2, 0.25) is 0 Å². The maximum absolute atomic E-state index is 14.6. The van der Waals surface area contributed by atoms with Gasteiger partial charge in [0.05, 0.1) is 26.7 Å². The van der Waals surface area contributed by atoms with E-state index < -0.39 is 65.1 Å². The number of alkyl halides is 5. The van der Waals surface area contributed by atoms with Crippen LogP contribution in [0.3, 0.4) is 0 Å². The number of rotatable bonds is 36. The van der Waals surface area contributed by atoms with Crippen molar-refractivity contribution in [3.63, 3.8) is 0 Å². The minimum Gasteiger partial charge on any atom is -0.380 e. The van der Waals surface area contributed by atoms with Crippen LogP contribution in [0.1, 0.15) is 166 Å². The Morgan fingerprint density at radius 1 is 0.845 bits per heavy atom. The molecule has 103 heavy (non-hydrogen) atoms. The van der Waals surface area contributed by atoms with Crippen LogP contribution in [-0.4, -0.2) is 150 Å². The van der Waals surface area contributed by atoms with Crippen molar-refractivity contribution in [1.82, 2.24) is 35.5 Å². The summed E-state index contributed by atoms with van der Waals surface area (Å²) in [4.78, 5) is 62.7. The highest BCUT2D eigenvalue weighted by Crippen LogP contribution is 2.57. The lowest BCUT2D eigenvalue weighted by atomic mass is 9.70. The number of aromatic nitrogens is 1. The van der Waals surface area contributed by atoms with Crippen LogP contribution < -0.4 is 30.9 Å². The largest absolute Gasteiger partial charge is 0.501 e. The van der Waals surface area contributed by atoms with E-state index in [1.165, 1.54) is 35.0 Å². The summed E-state index contributed by atoms with van der Waals surface area (Å²) in [6, 6.07) is 25.4. The summed E-state index contributed by atoms with van der Waals surface area (Å²) in [7, 11) is -11.1. The fourth-order valence-corrected chi connectivity index (χ4v) is 19.0. The standard InChI is InChI=1S/C77H104F5N9O8S4/c1-9-62(73(78)79)64-44-65(64)66-45-76(7,8)35-32-56(66)46-90-39-41-91(42-40-90)59-28-26-55(27-29-59)74(95)88-103(98,99)61-30-31-67(68(43-61)102(96,97)77(80,81)82)85-58(48-100-60-17-12-10-13-18-60)34-38-89-37-33-57(47-89)86-69(93)20-14-11-15-21-70(94)87-72(75(4,5)6)63(19-16-36-83-49-92)51(2)53-22-24-54(25-23-53)71-52(3)84-50-101-71/h10,12-13,17-18,22-31,43,49-51,57-58,62-65,72-73,85H,9,11,14-16,19-21,32-42,44-48H2,1-8H3,(H,83,92)(H,86,93)(H,87,94)(H,88,95). The molecule has 17 nitrogen and oxygen atoms in total. The van der Waals surface area contributed by atoms with Gasteiger partial charge < -0.3 is 31.1 Å². The number of carbonyl (C=O) groups excluding carboxylic acids is 4. The van der Waals surface area contributed by atoms with Crippen LogP contribution in [0.5, 0.6) is 0 Å². The van der Waals surface area contributed by atoms with Crippen molar-refractivity contribution in [3.8, 4) is 10.4 Å². The third kappa shape index (κ3) is 22.1. The van der Waals surface area contributed by atoms with E-state index >= 15 is 0 Å². The molecule has 26 heteroatoms. The van der Waals surface area contributed by atoms with Crippen molar-refractivity contribution in [3.05, 3.63) is 131 Å². The lowest BCUT2D eigenvalue weighted by Gasteiger charge is -2.41. The van der Waals surface area contributed by atoms with Gasteiger partial charge in [0.15, 0.2) is 0 Å². The van der Waals surface area contributed by atoms with E-state index in [-0.39, 0.29) is 76.1 Å². The molecule has 4 amide bonds. The second kappa shape index (κ2) is 35.8. The number of nitrogens with zero attached hydrogens (tertiary/aromatic N) is 4. The Labute approximate surface area is 614 Å². The Morgan fingerprint density at radius 2 is 1.54 bits per heavy atom. The predicted octanol–water partition coefficient (Wildman–Crippen LogP) is 14.7. The van der Waals surface area contributed by atoms with Crippen LogP contribution in [0.4, 0.5) is 33.3 Å². The average Bonchev–Trinajstić information content (AvgIpc) is 1.71. The SMILES string of the molecule is CCC(C(F)F)C1CC1C1=C(CN2CCN(c3ccc(C(=O)NS(=O)(=O)c4ccc(NC(CCN5CCC(NC(=O)CCCCCC(=O)NC(C(CCCNC=O)C(C)c6ccc(-c7scnc7C)cc6)C(C)(C)C)C5)CSc5ccccc5)c(S(=O)(=O)C(F)(F)F)c4)cc3)CC2)CCC(C)(C)C1. The number of unbranched alkanes of at least 4 members (excludes halogenated alkanes) is 2. The molecular formula is C77H104F5N9O8S4. The first-order valence-electron chi connectivity index (χ1n) is 36.4. The van der Waals surface area contributed by atoms with Gasteiger partial charge >= 0.3 is 5.51 Å². The molecule has 5 aromatic rings. The number of allylic oxidation sites excluding steroid dienone is 1. The summed E-state index contributed by atoms with van der Waals surface area (Å²) in [5.41, 5.74) is 2.14. The minimum atomic E-state index is -6.18. The lowest BCUT2D eigenvalue weighted by Crippen LogP contribution is -2.50. The number of piperazine rings is 1. The molecule has 5 N–H and O–H groups in total. The number of halogens is 5. The normalized spacial score (nSPS) is 19.9. The summed E-state index contributed by atoms with van der Waals surface area (Å²) in [5.74, 6) is -1.15. The van der Waals surface area contributed by atoms with Crippen LogP contribution in [0, 0.1) is 41.4 Å². The van der Waals surface area contributed by atoms with E-state index in [1.807, 2.05) is 54.4 Å². The first kappa shape index (κ1) is 80.6. The number of sulfone groups is 1. The topological polar surface area (TPSA) is 219 Å². The smallest absolute Gasteiger partial charge is 0.380 e. The second-order valence-electron chi connectivity index (χ2n) is 30.4. The molecule has 1 saturated carbocycles. The van der Waals surface area contributed by atoms with Gasteiger partial charge in [0.1, 0.15) is 4.90 Å². The van der Waals surface area contributed by atoms with Gasteiger partial charge in [0.2, 0.25) is 24.6 Å². The number of thioether (sulfide) groups is 1. The lowest BCUT2D eigenvalue weighted by molar-refractivity contribution is -0.123. The van der Waals surface area contributed by atoms with Gasteiger partial charge in [-0.15, -0.1) is 23.1 Å². The van der Waals surface area contributed by atoms with Crippen LogP contribution in [0.15, 0.2) is 128 Å². The quantitative estimate of drug-likeness (QED) is 0.00828. The van der Waals surface area contributed by atoms with Crippen molar-refractivity contribution in [1.29, 1.82) is 0 Å². The first-order chi connectivity index (χ1) is 48.8. The zero-order chi connectivity index (χ0) is 74.4. The highest BCUT2D eigenvalue weighted by atomic mass is 32.2. The first-order valence-corrected chi connectivity index (χ1v) is 41.2. The number of aryl methyl sites for hydroxylation is 1. The average molecular weight is 1510 g/mol. The number of amides is 4. The van der Waals surface area contributed by atoms with E-state index in [0.717, 1.165) is 103 Å². The van der Waals surface area contributed by atoms with Crippen molar-refractivity contribution in [2.24, 2.45) is 34.5 Å². The van der Waals surface area contributed by atoms with Gasteiger partial charge in [0.25, 0.3) is 25.8 Å². The third-order valence-corrected chi connectivity index (χ3v) is 26.2. The molecule has 0 radical (unpaired) electrons. The number of hydrogen-bond donors (Lipinski definition) is 5. The number of carbonyl (C=O) groups is 4. The second-order valence-corrected chi connectivity index (χ2v) is 35.9. The van der Waals surface area contributed by atoms with Crippen LogP contribution in [0.25, 0.3) is 10.4 Å².